The predicted molar refractivity (Wildman–Crippen MR) is 59.5 cm³/mol. The summed E-state index contributed by atoms with van der Waals surface area (Å²) in [7, 11) is 0. The molecule has 1 aliphatic carbocycles. The third-order valence-corrected chi connectivity index (χ3v) is 3.77. The van der Waals surface area contributed by atoms with Crippen molar-refractivity contribution in [1.29, 1.82) is 0 Å². The molecule has 2 atom stereocenters. The van der Waals surface area contributed by atoms with Gasteiger partial charge in [0.1, 0.15) is 0 Å². The largest absolute Gasteiger partial charge is 0.381 e. The topological polar surface area (TPSA) is 12.0 Å². The Morgan fingerprint density at radius 2 is 2.23 bits per heavy atom. The highest BCUT2D eigenvalue weighted by atomic mass is 32.1. The summed E-state index contributed by atoms with van der Waals surface area (Å²) in [5.74, 6) is 0.913. The molecule has 1 aliphatic rings. The molecule has 0 bridgehead atoms. The zero-order valence-corrected chi connectivity index (χ0v) is 9.16. The molecule has 1 aromatic rings. The lowest BCUT2D eigenvalue weighted by atomic mass is 10.1. The van der Waals surface area contributed by atoms with Gasteiger partial charge in [-0.3, -0.25) is 0 Å². The van der Waals surface area contributed by atoms with E-state index in [9.17, 15) is 0 Å². The second kappa shape index (κ2) is 3.70. The molecule has 1 heterocycles. The number of thiophene rings is 1. The van der Waals surface area contributed by atoms with E-state index in [2.05, 4.69) is 29.9 Å². The van der Waals surface area contributed by atoms with Gasteiger partial charge in [0.2, 0.25) is 0 Å². The van der Waals surface area contributed by atoms with Crippen LogP contribution in [0.15, 0.2) is 10.8 Å². The highest BCUT2D eigenvalue weighted by Crippen LogP contribution is 2.29. The van der Waals surface area contributed by atoms with Crippen molar-refractivity contribution in [2.45, 2.75) is 39.2 Å². The smallest absolute Gasteiger partial charge is 0.0480 e. The van der Waals surface area contributed by atoms with Crippen molar-refractivity contribution in [3.05, 3.63) is 16.3 Å². The molecule has 1 nitrogen and oxygen atoms in total. The number of aryl methyl sites for hydroxylation is 1. The number of hydrogen-bond acceptors (Lipinski definition) is 2. The van der Waals surface area contributed by atoms with Crippen LogP contribution in [0.25, 0.3) is 0 Å². The fourth-order valence-corrected chi connectivity index (χ4v) is 2.86. The van der Waals surface area contributed by atoms with Gasteiger partial charge in [-0.1, -0.05) is 6.92 Å². The molecule has 1 saturated carbocycles. The van der Waals surface area contributed by atoms with Crippen molar-refractivity contribution < 1.29 is 0 Å². The number of nitrogens with one attached hydrogen (secondary N) is 1. The van der Waals surface area contributed by atoms with E-state index in [4.69, 9.17) is 0 Å². The van der Waals surface area contributed by atoms with E-state index in [1.807, 2.05) is 0 Å². The highest BCUT2D eigenvalue weighted by molar-refractivity contribution is 7.08. The van der Waals surface area contributed by atoms with Gasteiger partial charge < -0.3 is 5.32 Å². The Kier molecular flexibility index (Phi) is 2.58. The van der Waals surface area contributed by atoms with Crippen LogP contribution in [-0.4, -0.2) is 6.04 Å². The fraction of sp³-hybridized carbons (Fsp3) is 0.636. The second-order valence-corrected chi connectivity index (χ2v) is 4.97. The minimum Gasteiger partial charge on any atom is -0.381 e. The van der Waals surface area contributed by atoms with Gasteiger partial charge >= 0.3 is 0 Å². The van der Waals surface area contributed by atoms with Crippen molar-refractivity contribution >= 4 is 17.0 Å². The van der Waals surface area contributed by atoms with Gasteiger partial charge in [0, 0.05) is 17.1 Å². The number of anilines is 1. The van der Waals surface area contributed by atoms with E-state index in [0.29, 0.717) is 0 Å². The van der Waals surface area contributed by atoms with Gasteiger partial charge in [-0.15, -0.1) is 11.3 Å². The summed E-state index contributed by atoms with van der Waals surface area (Å²) in [5.41, 5.74) is 2.74. The van der Waals surface area contributed by atoms with E-state index in [-0.39, 0.29) is 0 Å². The molecule has 13 heavy (non-hydrogen) atoms. The van der Waals surface area contributed by atoms with Gasteiger partial charge in [-0.2, -0.15) is 0 Å². The maximum Gasteiger partial charge on any atom is 0.0480 e. The third kappa shape index (κ3) is 2.05. The molecule has 1 aromatic heterocycles. The SMILES string of the molecule is Cc1cscc1NC1CCC(C)C1. The molecule has 2 heteroatoms. The molecular formula is C11H17NS. The van der Waals surface area contributed by atoms with Crippen LogP contribution >= 0.6 is 11.3 Å². The summed E-state index contributed by atoms with van der Waals surface area (Å²) < 4.78 is 0. The maximum absolute atomic E-state index is 3.63. The third-order valence-electron chi connectivity index (χ3n) is 2.91. The Balaban J connectivity index is 1.95. The van der Waals surface area contributed by atoms with Crippen molar-refractivity contribution in [2.75, 3.05) is 5.32 Å². The first-order valence-electron chi connectivity index (χ1n) is 5.05. The second-order valence-electron chi connectivity index (χ2n) is 4.23. The molecule has 1 N–H and O–H groups in total. The van der Waals surface area contributed by atoms with E-state index >= 15 is 0 Å². The molecule has 1 fully saturated rings. The monoisotopic (exact) mass is 195 g/mol. The summed E-state index contributed by atoms with van der Waals surface area (Å²) >= 11 is 1.79. The Morgan fingerprint density at radius 3 is 2.77 bits per heavy atom. The summed E-state index contributed by atoms with van der Waals surface area (Å²) in [6, 6.07) is 0.725. The van der Waals surface area contributed by atoms with Gasteiger partial charge in [0.25, 0.3) is 0 Å². The van der Waals surface area contributed by atoms with E-state index in [1.165, 1.54) is 30.5 Å². The van der Waals surface area contributed by atoms with Crippen LogP contribution < -0.4 is 5.32 Å². The Morgan fingerprint density at radius 1 is 1.38 bits per heavy atom. The standard InChI is InChI=1S/C11H17NS/c1-8-3-4-10(5-8)12-11-7-13-6-9(11)2/h6-8,10,12H,3-5H2,1-2H3. The molecular weight excluding hydrogens is 178 g/mol. The summed E-state index contributed by atoms with van der Waals surface area (Å²) in [6.45, 7) is 4.53. The molecule has 2 unspecified atom stereocenters. The van der Waals surface area contributed by atoms with E-state index in [0.717, 1.165) is 12.0 Å². The van der Waals surface area contributed by atoms with Crippen LogP contribution in [0.2, 0.25) is 0 Å². The minimum atomic E-state index is 0.725. The maximum atomic E-state index is 3.63. The summed E-state index contributed by atoms with van der Waals surface area (Å²) in [6.07, 6.45) is 4.08. The van der Waals surface area contributed by atoms with Crippen LogP contribution in [0.3, 0.4) is 0 Å². The lowest BCUT2D eigenvalue weighted by Gasteiger charge is -2.13. The van der Waals surface area contributed by atoms with Gasteiger partial charge in [-0.05, 0) is 43.0 Å². The van der Waals surface area contributed by atoms with Gasteiger partial charge in [-0.25, -0.2) is 0 Å². The van der Waals surface area contributed by atoms with Gasteiger partial charge in [0.05, 0.1) is 0 Å². The number of rotatable bonds is 2. The van der Waals surface area contributed by atoms with Crippen LogP contribution in [0, 0.1) is 12.8 Å². The van der Waals surface area contributed by atoms with Crippen molar-refractivity contribution in [1.82, 2.24) is 0 Å². The predicted octanol–water partition coefficient (Wildman–Crippen LogP) is 3.66. The Bertz CT molecular complexity index is 279. The molecule has 0 aliphatic heterocycles. The molecule has 0 aromatic carbocycles. The first-order valence-corrected chi connectivity index (χ1v) is 5.99. The molecule has 0 amide bonds. The van der Waals surface area contributed by atoms with Crippen LogP contribution in [0.4, 0.5) is 5.69 Å². The van der Waals surface area contributed by atoms with E-state index < -0.39 is 0 Å². The number of hydrogen-bond donors (Lipinski definition) is 1. The zero-order valence-electron chi connectivity index (χ0n) is 8.34. The molecule has 2 rings (SSSR count). The Labute approximate surface area is 84.2 Å². The average molecular weight is 195 g/mol. The first kappa shape index (κ1) is 9.07. The Hall–Kier alpha value is -0.500. The molecule has 72 valence electrons. The normalized spacial score (nSPS) is 27.8. The van der Waals surface area contributed by atoms with E-state index in [1.54, 1.807) is 11.3 Å². The summed E-state index contributed by atoms with van der Waals surface area (Å²) in [5, 5.41) is 8.06. The molecule has 0 radical (unpaired) electrons. The van der Waals surface area contributed by atoms with Crippen molar-refractivity contribution in [2.24, 2.45) is 5.92 Å². The van der Waals surface area contributed by atoms with Crippen LogP contribution in [-0.2, 0) is 0 Å². The van der Waals surface area contributed by atoms with Gasteiger partial charge in [0.15, 0.2) is 0 Å². The zero-order chi connectivity index (χ0) is 9.26. The van der Waals surface area contributed by atoms with Crippen molar-refractivity contribution in [3.8, 4) is 0 Å². The fourth-order valence-electron chi connectivity index (χ4n) is 2.07. The van der Waals surface area contributed by atoms with Crippen LogP contribution in [0.1, 0.15) is 31.7 Å². The van der Waals surface area contributed by atoms with Crippen LogP contribution in [0.5, 0.6) is 0 Å². The first-order chi connectivity index (χ1) is 6.25. The lowest BCUT2D eigenvalue weighted by Crippen LogP contribution is -2.15. The molecule has 0 saturated heterocycles. The van der Waals surface area contributed by atoms with Crippen molar-refractivity contribution in [3.63, 3.8) is 0 Å². The minimum absolute atomic E-state index is 0.725. The summed E-state index contributed by atoms with van der Waals surface area (Å²) in [4.78, 5) is 0. The quantitative estimate of drug-likeness (QED) is 0.759. The average Bonchev–Trinajstić information content (AvgIpc) is 2.64. The lowest BCUT2D eigenvalue weighted by molar-refractivity contribution is 0.602. The molecule has 0 spiro atoms. The highest BCUT2D eigenvalue weighted by Gasteiger charge is 2.21.